The first kappa shape index (κ1) is 26.2. The van der Waals surface area contributed by atoms with Gasteiger partial charge in [-0.1, -0.05) is 30.5 Å². The van der Waals surface area contributed by atoms with Crippen molar-refractivity contribution in [2.75, 3.05) is 6.61 Å². The van der Waals surface area contributed by atoms with Crippen LogP contribution < -0.4 is 11.1 Å². The fraction of sp³-hybridized carbons (Fsp3) is 0.704. The predicted molar refractivity (Wildman–Crippen MR) is 132 cm³/mol. The topological polar surface area (TPSA) is 151 Å². The molecule has 4 rings (SSSR count). The summed E-state index contributed by atoms with van der Waals surface area (Å²) in [5, 5.41) is 26.6. The number of amides is 2. The van der Waals surface area contributed by atoms with E-state index in [1.54, 1.807) is 0 Å². The van der Waals surface area contributed by atoms with Crippen LogP contribution in [-0.4, -0.2) is 52.0 Å². The van der Waals surface area contributed by atoms with Crippen molar-refractivity contribution >= 4 is 23.5 Å². The van der Waals surface area contributed by atoms with Gasteiger partial charge in [-0.05, 0) is 80.6 Å². The van der Waals surface area contributed by atoms with Gasteiger partial charge in [0.05, 0.1) is 12.1 Å². The summed E-state index contributed by atoms with van der Waals surface area (Å²) < 4.78 is 0. The highest BCUT2D eigenvalue weighted by Crippen LogP contribution is 2.67. The molecule has 0 radical (unpaired) electrons. The Bertz CT molecular complexity index is 1050. The zero-order chi connectivity index (χ0) is 26.3. The number of oxime groups is 1. The highest BCUT2D eigenvalue weighted by molar-refractivity contribution is 5.96. The van der Waals surface area contributed by atoms with Crippen molar-refractivity contribution in [3.8, 4) is 12.3 Å². The van der Waals surface area contributed by atoms with Crippen LogP contribution in [0.25, 0.3) is 0 Å². The number of nitrogens with one attached hydrogen (secondary N) is 1. The van der Waals surface area contributed by atoms with E-state index >= 15 is 0 Å². The van der Waals surface area contributed by atoms with Crippen LogP contribution in [0.2, 0.25) is 0 Å². The largest absolute Gasteiger partial charge is 0.480 e. The highest BCUT2D eigenvalue weighted by Gasteiger charge is 2.63. The lowest BCUT2D eigenvalue weighted by Crippen LogP contribution is -2.54. The van der Waals surface area contributed by atoms with Crippen molar-refractivity contribution in [2.45, 2.75) is 83.3 Å². The van der Waals surface area contributed by atoms with Gasteiger partial charge in [-0.2, -0.15) is 0 Å². The number of aliphatic carboxylic acids is 1. The van der Waals surface area contributed by atoms with E-state index < -0.39 is 42.5 Å². The predicted octanol–water partition coefficient (Wildman–Crippen LogP) is 2.13. The number of carboxylic acid groups (broad SMARTS) is 1. The molecule has 0 aromatic carbocycles. The molecule has 0 unspecified atom stereocenters. The van der Waals surface area contributed by atoms with Crippen molar-refractivity contribution < 1.29 is 29.4 Å². The third-order valence-electron chi connectivity index (χ3n) is 9.78. The van der Waals surface area contributed by atoms with Crippen LogP contribution in [0.3, 0.4) is 0 Å². The number of carbonyl (C=O) groups excluding carboxylic acids is 2. The Kier molecular flexibility index (Phi) is 6.95. The van der Waals surface area contributed by atoms with Gasteiger partial charge >= 0.3 is 5.97 Å². The second-order valence-electron chi connectivity index (χ2n) is 11.5. The fourth-order valence-electron chi connectivity index (χ4n) is 7.71. The minimum Gasteiger partial charge on any atom is -0.480 e. The first-order chi connectivity index (χ1) is 16.9. The van der Waals surface area contributed by atoms with Gasteiger partial charge in [-0.3, -0.25) is 9.59 Å². The molecule has 0 aromatic rings. The monoisotopic (exact) mass is 499 g/mol. The molecule has 0 bridgehead atoms. The number of nitrogens with zero attached hydrogens (tertiary/aromatic N) is 1. The van der Waals surface area contributed by atoms with Crippen molar-refractivity contribution in [2.24, 2.45) is 39.5 Å². The van der Waals surface area contributed by atoms with Gasteiger partial charge in [-0.15, -0.1) is 6.42 Å². The lowest BCUT2D eigenvalue weighted by Gasteiger charge is -2.58. The number of aliphatic hydroxyl groups is 1. The number of nitrogens with two attached hydrogens (primary N) is 1. The van der Waals surface area contributed by atoms with Gasteiger partial charge in [0.1, 0.15) is 11.6 Å². The molecule has 4 aliphatic carbocycles. The molecular formula is C27H37N3O6. The molecule has 0 saturated heterocycles. The van der Waals surface area contributed by atoms with Crippen molar-refractivity contribution in [3.05, 3.63) is 11.6 Å². The average molecular weight is 500 g/mol. The molecule has 9 nitrogen and oxygen atoms in total. The third-order valence-corrected chi connectivity index (χ3v) is 9.78. The SMILES string of the molecule is C#C[C@@]1(O)CC[C@H]2[C@@H]3CCC4=C/C(=N\OCC(=O)N[C@@H](CC(N)=O)C(=O)O)CC[C@]4(C)[C@H]3CC[C@@]21C. The number of rotatable bonds is 7. The molecule has 9 heteroatoms. The maximum Gasteiger partial charge on any atom is 0.326 e. The molecule has 3 saturated carbocycles. The second-order valence-corrected chi connectivity index (χ2v) is 11.5. The molecule has 3 fully saturated rings. The number of carboxylic acids is 1. The Morgan fingerprint density at radius 3 is 2.61 bits per heavy atom. The van der Waals surface area contributed by atoms with E-state index in [9.17, 15) is 19.5 Å². The third kappa shape index (κ3) is 4.40. The highest BCUT2D eigenvalue weighted by atomic mass is 16.6. The zero-order valence-electron chi connectivity index (χ0n) is 21.1. The summed E-state index contributed by atoms with van der Waals surface area (Å²) in [6.07, 6.45) is 14.7. The van der Waals surface area contributed by atoms with Crippen molar-refractivity contribution in [1.29, 1.82) is 0 Å². The van der Waals surface area contributed by atoms with Crippen LogP contribution in [0.5, 0.6) is 0 Å². The van der Waals surface area contributed by atoms with Crippen LogP contribution in [0, 0.1) is 40.9 Å². The molecular weight excluding hydrogens is 462 g/mol. The summed E-state index contributed by atoms with van der Waals surface area (Å²) in [6.45, 7) is 4.10. The number of hydrogen-bond donors (Lipinski definition) is 4. The van der Waals surface area contributed by atoms with Crippen LogP contribution in [-0.2, 0) is 19.2 Å². The van der Waals surface area contributed by atoms with E-state index in [-0.39, 0.29) is 10.8 Å². The minimum atomic E-state index is -1.40. The van der Waals surface area contributed by atoms with E-state index in [1.165, 1.54) is 5.57 Å². The summed E-state index contributed by atoms with van der Waals surface area (Å²) in [7, 11) is 0. The van der Waals surface area contributed by atoms with Crippen LogP contribution in [0.15, 0.2) is 16.8 Å². The van der Waals surface area contributed by atoms with E-state index in [0.29, 0.717) is 24.2 Å². The summed E-state index contributed by atoms with van der Waals surface area (Å²) in [6, 6.07) is -1.40. The number of hydrogen-bond acceptors (Lipinski definition) is 6. The van der Waals surface area contributed by atoms with Gasteiger partial charge in [-0.25, -0.2) is 4.79 Å². The Labute approximate surface area is 211 Å². The molecule has 7 atom stereocenters. The molecule has 2 amide bonds. The van der Waals surface area contributed by atoms with E-state index in [0.717, 1.165) is 50.7 Å². The van der Waals surface area contributed by atoms with Crippen LogP contribution in [0.4, 0.5) is 0 Å². The lowest BCUT2D eigenvalue weighted by atomic mass is 9.46. The summed E-state index contributed by atoms with van der Waals surface area (Å²) in [5.74, 6) is 1.42. The molecule has 0 heterocycles. The van der Waals surface area contributed by atoms with Gasteiger partial charge < -0.3 is 26.1 Å². The van der Waals surface area contributed by atoms with Gasteiger partial charge in [0.2, 0.25) is 5.91 Å². The Hall–Kier alpha value is -2.86. The van der Waals surface area contributed by atoms with Crippen molar-refractivity contribution in [3.63, 3.8) is 0 Å². The Balaban J connectivity index is 1.40. The smallest absolute Gasteiger partial charge is 0.326 e. The number of carbonyl (C=O) groups is 3. The molecule has 0 aromatic heterocycles. The average Bonchev–Trinajstić information content (AvgIpc) is 3.09. The summed E-state index contributed by atoms with van der Waals surface area (Å²) in [5.41, 5.74) is 6.01. The molecule has 196 valence electrons. The van der Waals surface area contributed by atoms with Gasteiger partial charge in [0.25, 0.3) is 5.91 Å². The normalized spacial score (nSPS) is 39.0. The fourth-order valence-corrected chi connectivity index (χ4v) is 7.71. The molecule has 0 aliphatic heterocycles. The zero-order valence-corrected chi connectivity index (χ0v) is 21.1. The number of terminal acetylenes is 1. The Morgan fingerprint density at radius 1 is 1.22 bits per heavy atom. The molecule has 4 aliphatic rings. The molecule has 5 N–H and O–H groups in total. The molecule has 36 heavy (non-hydrogen) atoms. The van der Waals surface area contributed by atoms with E-state index in [1.807, 2.05) is 0 Å². The standard InChI is InChI=1S/C27H37N3O6/c1-4-27(35)12-9-20-18-6-5-16-13-17(7-10-25(16,2)19(18)8-11-26(20,27)3)30-36-15-23(32)29-21(24(33)34)14-22(28)31/h1,13,18-21,35H,5-12,14-15H2,2-3H3,(H2,28,31)(H,29,32)(H,33,34)/b30-17-/t18-,19+,20+,21+,25+,26+,27-/m1/s1. The maximum absolute atomic E-state index is 12.0. The molecule has 0 spiro atoms. The van der Waals surface area contributed by atoms with Gasteiger partial charge in [0.15, 0.2) is 6.61 Å². The second kappa shape index (κ2) is 9.55. The lowest BCUT2D eigenvalue weighted by molar-refractivity contribution is -0.144. The summed E-state index contributed by atoms with van der Waals surface area (Å²) >= 11 is 0. The van der Waals surface area contributed by atoms with Crippen molar-refractivity contribution in [1.82, 2.24) is 5.32 Å². The van der Waals surface area contributed by atoms with Crippen LogP contribution >= 0.6 is 0 Å². The maximum atomic E-state index is 12.0. The van der Waals surface area contributed by atoms with E-state index in [2.05, 4.69) is 36.3 Å². The summed E-state index contributed by atoms with van der Waals surface area (Å²) in [4.78, 5) is 39.4. The van der Waals surface area contributed by atoms with Crippen LogP contribution in [0.1, 0.15) is 71.6 Å². The van der Waals surface area contributed by atoms with E-state index in [4.69, 9.17) is 22.1 Å². The first-order valence-electron chi connectivity index (χ1n) is 12.8. The number of fused-ring (bicyclic) bond motifs is 5. The number of primary amides is 1. The first-order valence-corrected chi connectivity index (χ1v) is 12.8. The Morgan fingerprint density at radius 2 is 1.94 bits per heavy atom. The minimum absolute atomic E-state index is 0.0704. The quantitative estimate of drug-likeness (QED) is 0.311. The van der Waals surface area contributed by atoms with Gasteiger partial charge in [0, 0.05) is 5.41 Å². The number of allylic oxidation sites excluding steroid dienone is 2.